The molecule has 0 radical (unpaired) electrons. The molecule has 5 nitrogen and oxygen atoms in total. The zero-order valence-electron chi connectivity index (χ0n) is 13.3. The number of amides is 1. The van der Waals surface area contributed by atoms with Crippen molar-refractivity contribution in [3.63, 3.8) is 0 Å². The van der Waals surface area contributed by atoms with Crippen molar-refractivity contribution in [2.24, 2.45) is 11.8 Å². The normalized spacial score (nSPS) is 28.0. The van der Waals surface area contributed by atoms with Crippen LogP contribution in [-0.2, 0) is 14.6 Å². The predicted octanol–water partition coefficient (Wildman–Crippen LogP) is 1.39. The van der Waals surface area contributed by atoms with E-state index in [9.17, 15) is 13.2 Å². The maximum Gasteiger partial charge on any atom is 0.241 e. The second-order valence-corrected chi connectivity index (χ2v) is 9.12. The molecule has 122 valence electrons. The lowest BCUT2D eigenvalue weighted by atomic mass is 10.0. The molecule has 2 rings (SSSR count). The highest BCUT2D eigenvalue weighted by Gasteiger charge is 2.44. The van der Waals surface area contributed by atoms with Gasteiger partial charge in [0.05, 0.1) is 18.0 Å². The molecule has 1 aliphatic heterocycles. The van der Waals surface area contributed by atoms with Crippen LogP contribution in [0.1, 0.15) is 46.5 Å². The van der Waals surface area contributed by atoms with Gasteiger partial charge in [0.25, 0.3) is 0 Å². The van der Waals surface area contributed by atoms with Crippen LogP contribution in [0.4, 0.5) is 0 Å². The third-order valence-electron chi connectivity index (χ3n) is 4.83. The quantitative estimate of drug-likeness (QED) is 0.804. The van der Waals surface area contributed by atoms with Crippen LogP contribution < -0.4 is 5.32 Å². The van der Waals surface area contributed by atoms with Crippen molar-refractivity contribution in [3.8, 4) is 0 Å². The number of rotatable bonds is 6. The van der Waals surface area contributed by atoms with Crippen molar-refractivity contribution in [3.05, 3.63) is 0 Å². The van der Waals surface area contributed by atoms with Gasteiger partial charge in [-0.3, -0.25) is 10.1 Å². The van der Waals surface area contributed by atoms with E-state index in [1.165, 1.54) is 12.8 Å². The van der Waals surface area contributed by atoms with E-state index in [2.05, 4.69) is 5.32 Å². The summed E-state index contributed by atoms with van der Waals surface area (Å²) >= 11 is 0. The van der Waals surface area contributed by atoms with Gasteiger partial charge in [0, 0.05) is 12.3 Å². The zero-order chi connectivity index (χ0) is 15.6. The van der Waals surface area contributed by atoms with Crippen LogP contribution >= 0.6 is 0 Å². The van der Waals surface area contributed by atoms with Crippen LogP contribution in [0.25, 0.3) is 0 Å². The van der Waals surface area contributed by atoms with Crippen molar-refractivity contribution in [2.45, 2.75) is 58.7 Å². The van der Waals surface area contributed by atoms with Crippen molar-refractivity contribution in [1.82, 2.24) is 10.2 Å². The van der Waals surface area contributed by atoms with E-state index < -0.39 is 9.84 Å². The van der Waals surface area contributed by atoms with Crippen molar-refractivity contribution >= 4 is 15.7 Å². The number of carbonyl (C=O) groups excluding carboxylic acids is 1. The van der Waals surface area contributed by atoms with Gasteiger partial charge in [-0.25, -0.2) is 8.42 Å². The summed E-state index contributed by atoms with van der Waals surface area (Å²) < 4.78 is 23.5. The average molecular weight is 316 g/mol. The highest BCUT2D eigenvalue weighted by molar-refractivity contribution is 7.91. The SMILES string of the molecule is CCS(=O)(=O)CCN1C(=O)C(C(C)C)NC1C1CCCC1. The molecule has 21 heavy (non-hydrogen) atoms. The Labute approximate surface area is 128 Å². The summed E-state index contributed by atoms with van der Waals surface area (Å²) in [5.74, 6) is 0.999. The largest absolute Gasteiger partial charge is 0.324 e. The highest BCUT2D eigenvalue weighted by atomic mass is 32.2. The van der Waals surface area contributed by atoms with Gasteiger partial charge >= 0.3 is 0 Å². The van der Waals surface area contributed by atoms with Crippen LogP contribution in [0.5, 0.6) is 0 Å². The molecule has 0 aromatic heterocycles. The summed E-state index contributed by atoms with van der Waals surface area (Å²) in [6, 6.07) is -0.167. The molecule has 2 atom stereocenters. The molecule has 1 amide bonds. The Morgan fingerprint density at radius 2 is 1.90 bits per heavy atom. The fourth-order valence-corrected chi connectivity index (χ4v) is 4.20. The van der Waals surface area contributed by atoms with E-state index in [-0.39, 0.29) is 35.5 Å². The minimum absolute atomic E-state index is 0.0273. The van der Waals surface area contributed by atoms with Crippen LogP contribution in [0.15, 0.2) is 0 Å². The maximum absolute atomic E-state index is 12.6. The zero-order valence-corrected chi connectivity index (χ0v) is 14.2. The Morgan fingerprint density at radius 3 is 2.43 bits per heavy atom. The van der Waals surface area contributed by atoms with E-state index in [0.717, 1.165) is 12.8 Å². The Balaban J connectivity index is 2.10. The minimum Gasteiger partial charge on any atom is -0.324 e. The molecule has 2 unspecified atom stereocenters. The van der Waals surface area contributed by atoms with Gasteiger partial charge in [0.15, 0.2) is 9.84 Å². The van der Waals surface area contributed by atoms with Gasteiger partial charge in [0.2, 0.25) is 5.91 Å². The van der Waals surface area contributed by atoms with Crippen LogP contribution in [0.2, 0.25) is 0 Å². The molecular formula is C15H28N2O3S. The van der Waals surface area contributed by atoms with Gasteiger partial charge in [0.1, 0.15) is 0 Å². The average Bonchev–Trinajstić information content (AvgIpc) is 3.04. The summed E-state index contributed by atoms with van der Waals surface area (Å²) in [4.78, 5) is 14.4. The molecule has 1 saturated carbocycles. The van der Waals surface area contributed by atoms with E-state index in [1.807, 2.05) is 13.8 Å². The van der Waals surface area contributed by atoms with Gasteiger partial charge in [-0.15, -0.1) is 0 Å². The van der Waals surface area contributed by atoms with Crippen molar-refractivity contribution in [1.29, 1.82) is 0 Å². The topological polar surface area (TPSA) is 66.5 Å². The maximum atomic E-state index is 12.6. The number of hydrogen-bond acceptors (Lipinski definition) is 4. The molecule has 2 fully saturated rings. The highest BCUT2D eigenvalue weighted by Crippen LogP contribution is 2.33. The van der Waals surface area contributed by atoms with Crippen molar-refractivity contribution < 1.29 is 13.2 Å². The molecule has 0 bridgehead atoms. The lowest BCUT2D eigenvalue weighted by molar-refractivity contribution is -0.131. The van der Waals surface area contributed by atoms with Crippen LogP contribution in [0.3, 0.4) is 0 Å². The number of nitrogens with zero attached hydrogens (tertiary/aromatic N) is 1. The van der Waals surface area contributed by atoms with Gasteiger partial charge in [-0.1, -0.05) is 33.6 Å². The molecule has 0 aromatic rings. The summed E-state index contributed by atoms with van der Waals surface area (Å²) in [5.41, 5.74) is 0. The number of hydrogen-bond donors (Lipinski definition) is 1. The number of carbonyl (C=O) groups is 1. The van der Waals surface area contributed by atoms with Crippen LogP contribution in [-0.4, -0.2) is 49.5 Å². The summed E-state index contributed by atoms with van der Waals surface area (Å²) in [6.07, 6.45) is 4.72. The van der Waals surface area contributed by atoms with Gasteiger partial charge < -0.3 is 4.90 Å². The van der Waals surface area contributed by atoms with E-state index >= 15 is 0 Å². The van der Waals surface area contributed by atoms with E-state index in [0.29, 0.717) is 12.5 Å². The lowest BCUT2D eigenvalue weighted by Crippen LogP contribution is -2.44. The number of sulfone groups is 1. The standard InChI is InChI=1S/C15H28N2O3S/c1-4-21(19,20)10-9-17-14(12-7-5-6-8-12)16-13(11(2)3)15(17)18/h11-14,16H,4-10H2,1-3H3. The first kappa shape index (κ1) is 16.7. The first-order valence-electron chi connectivity index (χ1n) is 8.12. The molecule has 2 aliphatic rings. The fraction of sp³-hybridized carbons (Fsp3) is 0.933. The Kier molecular flexibility index (Phi) is 5.30. The molecular weight excluding hydrogens is 288 g/mol. The molecule has 0 spiro atoms. The summed E-state index contributed by atoms with van der Waals surface area (Å²) in [6.45, 7) is 6.05. The smallest absolute Gasteiger partial charge is 0.241 e. The Hall–Kier alpha value is -0.620. The first-order chi connectivity index (χ1) is 9.85. The number of nitrogens with one attached hydrogen (secondary N) is 1. The van der Waals surface area contributed by atoms with Gasteiger partial charge in [-0.2, -0.15) is 0 Å². The lowest BCUT2D eigenvalue weighted by Gasteiger charge is -2.28. The minimum atomic E-state index is -3.04. The second-order valence-electron chi connectivity index (χ2n) is 6.65. The fourth-order valence-electron chi connectivity index (χ4n) is 3.43. The molecule has 1 saturated heterocycles. The van der Waals surface area contributed by atoms with E-state index in [1.54, 1.807) is 11.8 Å². The predicted molar refractivity (Wildman–Crippen MR) is 83.5 cm³/mol. The molecule has 1 N–H and O–H groups in total. The first-order valence-corrected chi connectivity index (χ1v) is 9.95. The Morgan fingerprint density at radius 1 is 1.29 bits per heavy atom. The van der Waals surface area contributed by atoms with Crippen molar-refractivity contribution in [2.75, 3.05) is 18.1 Å². The molecule has 1 aliphatic carbocycles. The molecule has 6 heteroatoms. The van der Waals surface area contributed by atoms with Gasteiger partial charge in [-0.05, 0) is 24.7 Å². The van der Waals surface area contributed by atoms with Crippen LogP contribution in [0, 0.1) is 11.8 Å². The summed E-state index contributed by atoms with van der Waals surface area (Å²) in [5, 5.41) is 3.47. The Bertz CT molecular complexity index is 469. The second kappa shape index (κ2) is 6.65. The third-order valence-corrected chi connectivity index (χ3v) is 6.52. The monoisotopic (exact) mass is 316 g/mol. The molecule has 0 aromatic carbocycles. The third kappa shape index (κ3) is 3.77. The molecule has 1 heterocycles. The van der Waals surface area contributed by atoms with E-state index in [4.69, 9.17) is 0 Å². The summed E-state index contributed by atoms with van der Waals surface area (Å²) in [7, 11) is -3.04.